The van der Waals surface area contributed by atoms with Gasteiger partial charge < -0.3 is 9.71 Å². The van der Waals surface area contributed by atoms with Crippen LogP contribution in [0.3, 0.4) is 0 Å². The molecule has 1 aromatic heterocycles. The van der Waals surface area contributed by atoms with Crippen molar-refractivity contribution in [3.05, 3.63) is 72.2 Å². The number of nitrogens with zero attached hydrogens (tertiary/aromatic N) is 1. The molecule has 108 valence electrons. The lowest BCUT2D eigenvalue weighted by Gasteiger charge is -2.04. The Morgan fingerprint density at radius 1 is 1.09 bits per heavy atom. The van der Waals surface area contributed by atoms with E-state index in [4.69, 9.17) is 5.26 Å². The third-order valence-corrected chi connectivity index (χ3v) is 3.93. The van der Waals surface area contributed by atoms with E-state index in [1.807, 2.05) is 42.6 Å². The van der Waals surface area contributed by atoms with Crippen molar-refractivity contribution in [2.45, 2.75) is 4.90 Å². The molecule has 0 radical (unpaired) electrons. The summed E-state index contributed by atoms with van der Waals surface area (Å²) in [5, 5.41) is 8.71. The van der Waals surface area contributed by atoms with Crippen LogP contribution in [-0.2, 0) is 0 Å². The molecule has 2 aromatic carbocycles. The number of hydrogen-bond donors (Lipinski definition) is 2. The SMILES string of the molecule is N#Cc1ccc(NSc2c[nH]c(-c3ccccc3)c2)cc1F. The van der Waals surface area contributed by atoms with Crippen LogP contribution in [0.15, 0.2) is 65.7 Å². The van der Waals surface area contributed by atoms with Crippen LogP contribution in [-0.4, -0.2) is 4.98 Å². The van der Waals surface area contributed by atoms with Gasteiger partial charge in [-0.25, -0.2) is 4.39 Å². The van der Waals surface area contributed by atoms with Crippen LogP contribution in [0, 0.1) is 17.1 Å². The molecule has 3 aromatic rings. The minimum atomic E-state index is -0.521. The number of hydrogen-bond acceptors (Lipinski definition) is 3. The zero-order chi connectivity index (χ0) is 15.4. The van der Waals surface area contributed by atoms with Crippen LogP contribution < -0.4 is 4.72 Å². The zero-order valence-corrected chi connectivity index (χ0v) is 12.3. The van der Waals surface area contributed by atoms with Crippen molar-refractivity contribution < 1.29 is 4.39 Å². The Bertz CT molecular complexity index is 821. The largest absolute Gasteiger partial charge is 0.360 e. The number of nitrogens with one attached hydrogen (secondary N) is 2. The smallest absolute Gasteiger partial charge is 0.143 e. The summed E-state index contributed by atoms with van der Waals surface area (Å²) in [4.78, 5) is 4.20. The number of rotatable bonds is 4. The van der Waals surface area contributed by atoms with Gasteiger partial charge in [0, 0.05) is 22.5 Å². The molecule has 0 aliphatic heterocycles. The van der Waals surface area contributed by atoms with Gasteiger partial charge in [0.05, 0.1) is 5.56 Å². The van der Waals surface area contributed by atoms with Crippen molar-refractivity contribution in [1.29, 1.82) is 5.26 Å². The van der Waals surface area contributed by atoms with Crippen molar-refractivity contribution in [3.63, 3.8) is 0 Å². The number of aromatic nitrogens is 1. The summed E-state index contributed by atoms with van der Waals surface area (Å²) in [5.74, 6) is -0.521. The van der Waals surface area contributed by atoms with Gasteiger partial charge in [0.15, 0.2) is 0 Å². The molecule has 5 heteroatoms. The van der Waals surface area contributed by atoms with E-state index >= 15 is 0 Å². The molecule has 3 nitrogen and oxygen atoms in total. The first kappa shape index (κ1) is 14.2. The molecule has 0 aliphatic carbocycles. The van der Waals surface area contributed by atoms with Crippen LogP contribution in [0.4, 0.5) is 10.1 Å². The highest BCUT2D eigenvalue weighted by Crippen LogP contribution is 2.26. The van der Waals surface area contributed by atoms with Gasteiger partial charge in [-0.1, -0.05) is 30.3 Å². The maximum absolute atomic E-state index is 13.5. The Labute approximate surface area is 131 Å². The van der Waals surface area contributed by atoms with E-state index in [0.29, 0.717) is 5.69 Å². The lowest BCUT2D eigenvalue weighted by molar-refractivity contribution is 0.624. The monoisotopic (exact) mass is 309 g/mol. The van der Waals surface area contributed by atoms with Gasteiger partial charge in [-0.3, -0.25) is 0 Å². The number of anilines is 1. The Kier molecular flexibility index (Phi) is 4.12. The van der Waals surface area contributed by atoms with Gasteiger partial charge in [0.1, 0.15) is 11.9 Å². The van der Waals surface area contributed by atoms with E-state index in [2.05, 4.69) is 9.71 Å². The van der Waals surface area contributed by atoms with E-state index in [-0.39, 0.29) is 5.56 Å². The average Bonchev–Trinajstić information content (AvgIpc) is 3.03. The van der Waals surface area contributed by atoms with Crippen molar-refractivity contribution in [2.75, 3.05) is 4.72 Å². The number of halogens is 1. The summed E-state index contributed by atoms with van der Waals surface area (Å²) in [7, 11) is 0. The number of aromatic amines is 1. The molecular formula is C17H12FN3S. The molecule has 0 saturated carbocycles. The molecule has 1 heterocycles. The van der Waals surface area contributed by atoms with E-state index in [1.165, 1.54) is 24.1 Å². The first-order chi connectivity index (χ1) is 10.8. The third-order valence-electron chi connectivity index (χ3n) is 3.12. The summed E-state index contributed by atoms with van der Waals surface area (Å²) < 4.78 is 16.6. The van der Waals surface area contributed by atoms with Crippen LogP contribution in [0.2, 0.25) is 0 Å². The zero-order valence-electron chi connectivity index (χ0n) is 11.5. The average molecular weight is 309 g/mol. The minimum absolute atomic E-state index is 0.0450. The Morgan fingerprint density at radius 3 is 2.64 bits per heavy atom. The third kappa shape index (κ3) is 3.13. The molecule has 3 rings (SSSR count). The summed E-state index contributed by atoms with van der Waals surface area (Å²) in [6.45, 7) is 0. The predicted octanol–water partition coefficient (Wildman–Crippen LogP) is 4.81. The van der Waals surface area contributed by atoms with Gasteiger partial charge in [-0.05, 0) is 41.8 Å². The fourth-order valence-electron chi connectivity index (χ4n) is 2.00. The number of benzene rings is 2. The van der Waals surface area contributed by atoms with Crippen molar-refractivity contribution >= 4 is 17.6 Å². The highest BCUT2D eigenvalue weighted by molar-refractivity contribution is 8.00. The summed E-state index contributed by atoms with van der Waals surface area (Å²) >= 11 is 1.38. The highest BCUT2D eigenvalue weighted by Gasteiger charge is 2.05. The number of H-pyrrole nitrogens is 1. The molecule has 0 aliphatic rings. The Balaban J connectivity index is 1.69. The lowest BCUT2D eigenvalue weighted by Crippen LogP contribution is -1.89. The lowest BCUT2D eigenvalue weighted by atomic mass is 10.2. The fourth-order valence-corrected chi connectivity index (χ4v) is 2.66. The molecule has 0 saturated heterocycles. The molecule has 0 amide bonds. The Morgan fingerprint density at radius 2 is 1.91 bits per heavy atom. The number of nitriles is 1. The summed E-state index contributed by atoms with van der Waals surface area (Å²) in [6, 6.07) is 18.3. The molecule has 0 unspecified atom stereocenters. The Hall–Kier alpha value is -2.71. The van der Waals surface area contributed by atoms with E-state index in [9.17, 15) is 4.39 Å². The second kappa shape index (κ2) is 6.37. The molecule has 0 spiro atoms. The van der Waals surface area contributed by atoms with Crippen LogP contribution in [0.5, 0.6) is 0 Å². The predicted molar refractivity (Wildman–Crippen MR) is 86.8 cm³/mol. The molecule has 0 bridgehead atoms. The molecule has 0 fully saturated rings. The standard InChI is InChI=1S/C17H12FN3S/c18-16-8-14(7-6-13(16)10-19)21-22-15-9-17(20-11-15)12-4-2-1-3-5-12/h1-9,11,20-21H. The first-order valence-electron chi connectivity index (χ1n) is 6.62. The van der Waals surface area contributed by atoms with Gasteiger partial charge in [-0.2, -0.15) is 5.26 Å². The molecule has 2 N–H and O–H groups in total. The van der Waals surface area contributed by atoms with Gasteiger partial charge >= 0.3 is 0 Å². The van der Waals surface area contributed by atoms with Gasteiger partial charge in [0.25, 0.3) is 0 Å². The molecule has 22 heavy (non-hydrogen) atoms. The maximum atomic E-state index is 13.5. The minimum Gasteiger partial charge on any atom is -0.360 e. The first-order valence-corrected chi connectivity index (χ1v) is 7.44. The van der Waals surface area contributed by atoms with E-state index in [1.54, 1.807) is 12.1 Å². The van der Waals surface area contributed by atoms with Crippen molar-refractivity contribution in [1.82, 2.24) is 4.98 Å². The van der Waals surface area contributed by atoms with Crippen LogP contribution >= 0.6 is 11.9 Å². The molecular weight excluding hydrogens is 297 g/mol. The molecule has 0 atom stereocenters. The quantitative estimate of drug-likeness (QED) is 0.680. The fraction of sp³-hybridized carbons (Fsp3) is 0. The summed E-state index contributed by atoms with van der Waals surface area (Å²) in [6.07, 6.45) is 1.89. The normalized spacial score (nSPS) is 10.2. The second-order valence-electron chi connectivity index (χ2n) is 4.63. The maximum Gasteiger partial charge on any atom is 0.143 e. The highest BCUT2D eigenvalue weighted by atomic mass is 32.2. The van der Waals surface area contributed by atoms with E-state index < -0.39 is 5.82 Å². The van der Waals surface area contributed by atoms with Crippen molar-refractivity contribution in [3.8, 4) is 17.3 Å². The summed E-state index contributed by atoms with van der Waals surface area (Å²) in [5.41, 5.74) is 2.79. The van der Waals surface area contributed by atoms with Crippen molar-refractivity contribution in [2.24, 2.45) is 0 Å². The topological polar surface area (TPSA) is 51.6 Å². The van der Waals surface area contributed by atoms with E-state index in [0.717, 1.165) is 16.2 Å². The van der Waals surface area contributed by atoms with Gasteiger partial charge in [-0.15, -0.1) is 0 Å². The van der Waals surface area contributed by atoms with Crippen LogP contribution in [0.25, 0.3) is 11.3 Å². The van der Waals surface area contributed by atoms with Crippen LogP contribution in [0.1, 0.15) is 5.56 Å². The second-order valence-corrected chi connectivity index (χ2v) is 5.51. The van der Waals surface area contributed by atoms with Gasteiger partial charge in [0.2, 0.25) is 0 Å².